The number of nitrogens with zero attached hydrogens (tertiary/aromatic N) is 1. The first-order valence-electron chi connectivity index (χ1n) is 8.92. The molecule has 4 bridgehead atoms. The molecule has 0 unspecified atom stereocenters. The molecular weight excluding hydrogens is 284 g/mol. The topological polar surface area (TPSA) is 24.5 Å². The number of morpholine rings is 1. The lowest BCUT2D eigenvalue weighted by molar-refractivity contribution is -0.0141. The molecule has 1 aliphatic heterocycles. The van der Waals surface area contributed by atoms with Crippen molar-refractivity contribution in [1.29, 1.82) is 0 Å². The third-order valence-corrected chi connectivity index (χ3v) is 6.36. The Hall–Kier alpha value is 0.170. The number of rotatable bonds is 5. The Labute approximate surface area is 135 Å². The van der Waals surface area contributed by atoms with Gasteiger partial charge in [-0.3, -0.25) is 4.90 Å². The SMILES string of the molecule is C(CNC1C2CC3CC(C2)CC1C3)CN1CCOCC1.Cl. The van der Waals surface area contributed by atoms with Gasteiger partial charge in [0, 0.05) is 19.1 Å². The molecule has 4 aliphatic carbocycles. The Morgan fingerprint density at radius 2 is 1.52 bits per heavy atom. The van der Waals surface area contributed by atoms with Crippen molar-refractivity contribution >= 4 is 12.4 Å². The summed E-state index contributed by atoms with van der Waals surface area (Å²) >= 11 is 0. The second-order valence-electron chi connectivity index (χ2n) is 7.72. The summed E-state index contributed by atoms with van der Waals surface area (Å²) in [5.74, 6) is 4.25. The van der Waals surface area contributed by atoms with Gasteiger partial charge in [-0.2, -0.15) is 0 Å². The number of hydrogen-bond donors (Lipinski definition) is 1. The number of ether oxygens (including phenoxy) is 1. The van der Waals surface area contributed by atoms with Crippen molar-refractivity contribution in [3.63, 3.8) is 0 Å². The second-order valence-corrected chi connectivity index (χ2v) is 7.72. The molecule has 0 amide bonds. The van der Waals surface area contributed by atoms with E-state index in [0.717, 1.165) is 56.0 Å². The monoisotopic (exact) mass is 314 g/mol. The van der Waals surface area contributed by atoms with Crippen LogP contribution < -0.4 is 5.32 Å². The van der Waals surface area contributed by atoms with Gasteiger partial charge in [0.05, 0.1) is 13.2 Å². The largest absolute Gasteiger partial charge is 0.379 e. The fraction of sp³-hybridized carbons (Fsp3) is 1.00. The molecule has 0 aromatic rings. The van der Waals surface area contributed by atoms with E-state index in [9.17, 15) is 0 Å². The Bertz CT molecular complexity index is 305. The van der Waals surface area contributed by atoms with Gasteiger partial charge in [-0.1, -0.05) is 0 Å². The lowest BCUT2D eigenvalue weighted by Crippen LogP contribution is -2.54. The zero-order valence-electron chi connectivity index (χ0n) is 13.1. The lowest BCUT2D eigenvalue weighted by atomic mass is 9.54. The number of hydrogen-bond acceptors (Lipinski definition) is 3. The number of halogens is 1. The second kappa shape index (κ2) is 7.16. The molecule has 0 aromatic carbocycles. The van der Waals surface area contributed by atoms with Crippen LogP contribution in [0.3, 0.4) is 0 Å². The smallest absolute Gasteiger partial charge is 0.0594 e. The summed E-state index contributed by atoms with van der Waals surface area (Å²) in [5, 5.41) is 3.95. The fourth-order valence-corrected chi connectivity index (χ4v) is 5.65. The summed E-state index contributed by atoms with van der Waals surface area (Å²) in [4.78, 5) is 2.56. The highest BCUT2D eigenvalue weighted by Crippen LogP contribution is 2.53. The van der Waals surface area contributed by atoms with Gasteiger partial charge in [0.25, 0.3) is 0 Å². The van der Waals surface area contributed by atoms with Gasteiger partial charge in [0.15, 0.2) is 0 Å². The highest BCUT2D eigenvalue weighted by Gasteiger charge is 2.47. The molecule has 0 spiro atoms. The van der Waals surface area contributed by atoms with Crippen molar-refractivity contribution in [1.82, 2.24) is 10.2 Å². The molecule has 1 saturated heterocycles. The summed E-state index contributed by atoms with van der Waals surface area (Å²) < 4.78 is 5.41. The van der Waals surface area contributed by atoms with Gasteiger partial charge < -0.3 is 10.1 Å². The van der Waals surface area contributed by atoms with E-state index < -0.39 is 0 Å². The molecular formula is C17H31ClN2O. The predicted molar refractivity (Wildman–Crippen MR) is 88.0 cm³/mol. The van der Waals surface area contributed by atoms with Crippen molar-refractivity contribution in [2.24, 2.45) is 23.7 Å². The summed E-state index contributed by atoms with van der Waals surface area (Å²) in [6, 6.07) is 0.868. The highest BCUT2D eigenvalue weighted by molar-refractivity contribution is 5.85. The van der Waals surface area contributed by atoms with E-state index in [-0.39, 0.29) is 12.4 Å². The Balaban J connectivity index is 0.00000132. The minimum Gasteiger partial charge on any atom is -0.379 e. The minimum atomic E-state index is 0. The van der Waals surface area contributed by atoms with Gasteiger partial charge in [-0.25, -0.2) is 0 Å². The van der Waals surface area contributed by atoms with Crippen LogP contribution in [0.15, 0.2) is 0 Å². The molecule has 0 aromatic heterocycles. The van der Waals surface area contributed by atoms with E-state index in [4.69, 9.17) is 4.74 Å². The molecule has 0 atom stereocenters. The van der Waals surface area contributed by atoms with Crippen LogP contribution >= 0.6 is 12.4 Å². The van der Waals surface area contributed by atoms with E-state index in [1.54, 1.807) is 6.42 Å². The number of nitrogens with one attached hydrogen (secondary N) is 1. The summed E-state index contributed by atoms with van der Waals surface area (Å²) in [7, 11) is 0. The van der Waals surface area contributed by atoms with Crippen LogP contribution in [0.2, 0.25) is 0 Å². The molecule has 21 heavy (non-hydrogen) atoms. The Morgan fingerprint density at radius 1 is 0.905 bits per heavy atom. The molecule has 5 fully saturated rings. The molecule has 5 rings (SSSR count). The van der Waals surface area contributed by atoms with Crippen molar-refractivity contribution in [2.45, 2.75) is 44.6 Å². The molecule has 5 aliphatic rings. The van der Waals surface area contributed by atoms with Gasteiger partial charge in [0.1, 0.15) is 0 Å². The summed E-state index contributed by atoms with van der Waals surface area (Å²) in [6.45, 7) is 6.62. The van der Waals surface area contributed by atoms with Crippen molar-refractivity contribution in [2.75, 3.05) is 39.4 Å². The fourth-order valence-electron chi connectivity index (χ4n) is 5.65. The lowest BCUT2D eigenvalue weighted by Gasteiger charge is -2.54. The maximum Gasteiger partial charge on any atom is 0.0594 e. The van der Waals surface area contributed by atoms with Gasteiger partial charge >= 0.3 is 0 Å². The van der Waals surface area contributed by atoms with Crippen molar-refractivity contribution in [3.05, 3.63) is 0 Å². The maximum atomic E-state index is 5.41. The average Bonchev–Trinajstić information content (AvgIpc) is 2.46. The summed E-state index contributed by atoms with van der Waals surface area (Å²) in [5.41, 5.74) is 0. The molecule has 1 N–H and O–H groups in total. The van der Waals surface area contributed by atoms with E-state index in [0.29, 0.717) is 0 Å². The van der Waals surface area contributed by atoms with E-state index in [1.807, 2.05) is 0 Å². The zero-order chi connectivity index (χ0) is 13.4. The first kappa shape index (κ1) is 16.0. The Morgan fingerprint density at radius 3 is 2.14 bits per heavy atom. The Kier molecular flexibility index (Phi) is 5.47. The minimum absolute atomic E-state index is 0. The first-order valence-corrected chi connectivity index (χ1v) is 8.92. The van der Waals surface area contributed by atoms with Crippen LogP contribution in [-0.2, 0) is 4.74 Å². The molecule has 4 saturated carbocycles. The maximum absolute atomic E-state index is 5.41. The highest BCUT2D eigenvalue weighted by atomic mass is 35.5. The van der Waals surface area contributed by atoms with Crippen LogP contribution in [0.25, 0.3) is 0 Å². The van der Waals surface area contributed by atoms with Crippen LogP contribution in [0.5, 0.6) is 0 Å². The van der Waals surface area contributed by atoms with Gasteiger partial charge in [-0.15, -0.1) is 12.4 Å². The van der Waals surface area contributed by atoms with Gasteiger partial charge in [0.2, 0.25) is 0 Å². The van der Waals surface area contributed by atoms with E-state index in [2.05, 4.69) is 10.2 Å². The van der Waals surface area contributed by atoms with Crippen molar-refractivity contribution in [3.8, 4) is 0 Å². The molecule has 1 heterocycles. The zero-order valence-corrected chi connectivity index (χ0v) is 14.0. The van der Waals surface area contributed by atoms with Crippen LogP contribution in [0.4, 0.5) is 0 Å². The summed E-state index contributed by atoms with van der Waals surface area (Å²) in [6.07, 6.45) is 9.02. The van der Waals surface area contributed by atoms with E-state index in [1.165, 1.54) is 45.2 Å². The van der Waals surface area contributed by atoms with Crippen molar-refractivity contribution < 1.29 is 4.74 Å². The standard InChI is InChI=1S/C17H30N2O.ClH/c1(3-19-4-6-20-7-5-19)2-18-17-15-9-13-8-14(11-15)12-16(17)10-13;/h13-18H,1-12H2;1H. The quantitative estimate of drug-likeness (QED) is 0.789. The molecule has 0 radical (unpaired) electrons. The predicted octanol–water partition coefficient (Wildman–Crippen LogP) is 2.54. The average molecular weight is 315 g/mol. The molecule has 4 heteroatoms. The molecule has 3 nitrogen and oxygen atoms in total. The van der Waals surface area contributed by atoms with Crippen LogP contribution in [0, 0.1) is 23.7 Å². The third-order valence-electron chi connectivity index (χ3n) is 6.36. The molecule has 122 valence electrons. The van der Waals surface area contributed by atoms with Crippen LogP contribution in [-0.4, -0.2) is 50.3 Å². The normalized spacial score (nSPS) is 42.0. The third kappa shape index (κ3) is 3.57. The van der Waals surface area contributed by atoms with Crippen LogP contribution in [0.1, 0.15) is 38.5 Å². The van der Waals surface area contributed by atoms with E-state index >= 15 is 0 Å². The first-order chi connectivity index (χ1) is 9.88. The van der Waals surface area contributed by atoms with Gasteiger partial charge in [-0.05, 0) is 75.3 Å².